The van der Waals surface area contributed by atoms with E-state index in [1.165, 1.54) is 12.8 Å². The molecule has 3 aliphatic rings. The summed E-state index contributed by atoms with van der Waals surface area (Å²) in [4.78, 5) is 17.8. The van der Waals surface area contributed by atoms with Gasteiger partial charge in [0.1, 0.15) is 5.75 Å². The monoisotopic (exact) mass is 386 g/mol. The SMILES string of the molecule is Cc1ccccc1OCC(=O)N1CCC[C@]12CCCN(C[C@H]1CCCO1)CC2. The largest absolute Gasteiger partial charge is 0.484 e. The summed E-state index contributed by atoms with van der Waals surface area (Å²) < 4.78 is 11.7. The number of rotatable bonds is 5. The van der Waals surface area contributed by atoms with Crippen LogP contribution < -0.4 is 4.74 Å². The third-order valence-corrected chi connectivity index (χ3v) is 6.84. The standard InChI is InChI=1S/C23H34N2O3/c1-19-7-2-3-9-21(19)28-18-22(26)25-14-6-11-23(25)10-5-13-24(15-12-23)17-20-8-4-16-27-20/h2-3,7,9,20H,4-6,8,10-18H2,1H3/t20-,23+/m1/s1. The predicted octanol–water partition coefficient (Wildman–Crippen LogP) is 3.40. The minimum Gasteiger partial charge on any atom is -0.484 e. The van der Waals surface area contributed by atoms with Gasteiger partial charge in [-0.25, -0.2) is 0 Å². The Morgan fingerprint density at radius 3 is 2.75 bits per heavy atom. The molecule has 28 heavy (non-hydrogen) atoms. The lowest BCUT2D eigenvalue weighted by molar-refractivity contribution is -0.138. The Labute approximate surface area is 169 Å². The van der Waals surface area contributed by atoms with Crippen LogP contribution in [0.4, 0.5) is 0 Å². The molecule has 4 rings (SSSR count). The van der Waals surface area contributed by atoms with Crippen molar-refractivity contribution in [1.29, 1.82) is 0 Å². The molecule has 0 aromatic heterocycles. The van der Waals surface area contributed by atoms with E-state index in [2.05, 4.69) is 9.80 Å². The molecule has 0 radical (unpaired) electrons. The minimum absolute atomic E-state index is 0.0391. The second kappa shape index (κ2) is 8.83. The topological polar surface area (TPSA) is 42.0 Å². The Kier molecular flexibility index (Phi) is 6.22. The number of amides is 1. The van der Waals surface area contributed by atoms with Crippen molar-refractivity contribution in [3.63, 3.8) is 0 Å². The highest BCUT2D eigenvalue weighted by molar-refractivity contribution is 5.79. The normalized spacial score (nSPS) is 28.6. The van der Waals surface area contributed by atoms with Crippen LogP contribution in [0.5, 0.6) is 5.75 Å². The van der Waals surface area contributed by atoms with Crippen molar-refractivity contribution >= 4 is 5.91 Å². The van der Waals surface area contributed by atoms with Crippen LogP contribution in [0.15, 0.2) is 24.3 Å². The van der Waals surface area contributed by atoms with E-state index in [0.717, 1.165) is 76.2 Å². The van der Waals surface area contributed by atoms with Crippen LogP contribution in [0.25, 0.3) is 0 Å². The van der Waals surface area contributed by atoms with Gasteiger partial charge in [0.2, 0.25) is 0 Å². The molecule has 1 amide bonds. The lowest BCUT2D eigenvalue weighted by atomic mass is 9.87. The van der Waals surface area contributed by atoms with E-state index < -0.39 is 0 Å². The molecule has 0 aliphatic carbocycles. The number of aryl methyl sites for hydroxylation is 1. The van der Waals surface area contributed by atoms with Gasteiger partial charge in [-0.2, -0.15) is 0 Å². The molecule has 1 spiro atoms. The summed E-state index contributed by atoms with van der Waals surface area (Å²) in [5, 5.41) is 0. The zero-order valence-electron chi connectivity index (χ0n) is 17.2. The average molecular weight is 387 g/mol. The average Bonchev–Trinajstić information content (AvgIpc) is 3.30. The van der Waals surface area contributed by atoms with Crippen LogP contribution in [0.3, 0.4) is 0 Å². The number of benzene rings is 1. The summed E-state index contributed by atoms with van der Waals surface area (Å²) in [5.41, 5.74) is 1.11. The lowest BCUT2D eigenvalue weighted by Gasteiger charge is -2.38. The van der Waals surface area contributed by atoms with Crippen LogP contribution in [0.1, 0.15) is 50.5 Å². The van der Waals surface area contributed by atoms with Crippen molar-refractivity contribution in [2.24, 2.45) is 0 Å². The summed E-state index contributed by atoms with van der Waals surface area (Å²) in [6, 6.07) is 7.91. The van der Waals surface area contributed by atoms with Gasteiger partial charge in [0.05, 0.1) is 6.10 Å². The molecule has 0 unspecified atom stereocenters. The molecule has 5 heteroatoms. The van der Waals surface area contributed by atoms with Crippen molar-refractivity contribution in [3.8, 4) is 5.75 Å². The zero-order valence-corrected chi connectivity index (χ0v) is 17.2. The number of likely N-dealkylation sites (tertiary alicyclic amines) is 2. The number of carbonyl (C=O) groups excluding carboxylic acids is 1. The van der Waals surface area contributed by atoms with E-state index in [1.807, 2.05) is 31.2 Å². The molecule has 0 saturated carbocycles. The van der Waals surface area contributed by atoms with E-state index in [4.69, 9.17) is 9.47 Å². The molecule has 2 atom stereocenters. The molecule has 3 heterocycles. The highest BCUT2D eigenvalue weighted by atomic mass is 16.5. The van der Waals surface area contributed by atoms with E-state index in [-0.39, 0.29) is 18.1 Å². The van der Waals surface area contributed by atoms with E-state index in [0.29, 0.717) is 6.10 Å². The van der Waals surface area contributed by atoms with Crippen LogP contribution in [0, 0.1) is 6.92 Å². The summed E-state index contributed by atoms with van der Waals surface area (Å²) >= 11 is 0. The molecule has 3 aliphatic heterocycles. The van der Waals surface area contributed by atoms with Gasteiger partial charge in [-0.15, -0.1) is 0 Å². The number of hydrogen-bond acceptors (Lipinski definition) is 4. The highest BCUT2D eigenvalue weighted by Gasteiger charge is 2.44. The fourth-order valence-electron chi connectivity index (χ4n) is 5.28. The van der Waals surface area contributed by atoms with Gasteiger partial charge in [-0.05, 0) is 70.0 Å². The molecule has 5 nitrogen and oxygen atoms in total. The maximum absolute atomic E-state index is 13.0. The van der Waals surface area contributed by atoms with Gasteiger partial charge in [0.25, 0.3) is 5.91 Å². The van der Waals surface area contributed by atoms with Crippen LogP contribution in [-0.2, 0) is 9.53 Å². The van der Waals surface area contributed by atoms with Gasteiger partial charge in [0, 0.05) is 31.8 Å². The Morgan fingerprint density at radius 1 is 1.14 bits per heavy atom. The second-order valence-electron chi connectivity index (χ2n) is 8.72. The van der Waals surface area contributed by atoms with Gasteiger partial charge >= 0.3 is 0 Å². The number of para-hydroxylation sites is 1. The van der Waals surface area contributed by atoms with Gasteiger partial charge in [-0.3, -0.25) is 4.79 Å². The third kappa shape index (κ3) is 4.36. The smallest absolute Gasteiger partial charge is 0.260 e. The molecule has 0 N–H and O–H groups in total. The summed E-state index contributed by atoms with van der Waals surface area (Å²) in [5.74, 6) is 0.959. The molecule has 154 valence electrons. The van der Waals surface area contributed by atoms with Crippen molar-refractivity contribution < 1.29 is 14.3 Å². The number of ether oxygens (including phenoxy) is 2. The summed E-state index contributed by atoms with van der Waals surface area (Å²) in [6.07, 6.45) is 8.42. The Hall–Kier alpha value is -1.59. The van der Waals surface area contributed by atoms with Crippen LogP contribution in [-0.4, -0.2) is 66.7 Å². The zero-order chi connectivity index (χ0) is 19.4. The van der Waals surface area contributed by atoms with Gasteiger partial charge in [-0.1, -0.05) is 18.2 Å². The van der Waals surface area contributed by atoms with Crippen molar-refractivity contribution in [2.75, 3.05) is 39.4 Å². The predicted molar refractivity (Wildman–Crippen MR) is 110 cm³/mol. The Balaban J connectivity index is 1.35. The van der Waals surface area contributed by atoms with E-state index in [1.54, 1.807) is 0 Å². The second-order valence-corrected chi connectivity index (χ2v) is 8.72. The Morgan fingerprint density at radius 2 is 1.96 bits per heavy atom. The molecular formula is C23H34N2O3. The quantitative estimate of drug-likeness (QED) is 0.778. The molecule has 0 bridgehead atoms. The first-order valence-corrected chi connectivity index (χ1v) is 11.0. The van der Waals surface area contributed by atoms with Crippen molar-refractivity contribution in [3.05, 3.63) is 29.8 Å². The lowest BCUT2D eigenvalue weighted by Crippen LogP contribution is -2.49. The maximum Gasteiger partial charge on any atom is 0.260 e. The van der Waals surface area contributed by atoms with Crippen LogP contribution >= 0.6 is 0 Å². The first-order valence-electron chi connectivity index (χ1n) is 11.0. The van der Waals surface area contributed by atoms with Crippen molar-refractivity contribution in [1.82, 2.24) is 9.80 Å². The molecule has 1 aromatic rings. The first-order chi connectivity index (χ1) is 13.7. The maximum atomic E-state index is 13.0. The Bertz CT molecular complexity index is 674. The van der Waals surface area contributed by atoms with E-state index >= 15 is 0 Å². The molecule has 1 aromatic carbocycles. The summed E-state index contributed by atoms with van der Waals surface area (Å²) in [6.45, 7) is 7.22. The van der Waals surface area contributed by atoms with Crippen molar-refractivity contribution in [2.45, 2.75) is 63.5 Å². The highest BCUT2D eigenvalue weighted by Crippen LogP contribution is 2.38. The molecule has 3 saturated heterocycles. The fourth-order valence-corrected chi connectivity index (χ4v) is 5.28. The third-order valence-electron chi connectivity index (χ3n) is 6.84. The molecule has 3 fully saturated rings. The fraction of sp³-hybridized carbons (Fsp3) is 0.696. The van der Waals surface area contributed by atoms with Gasteiger partial charge in [0.15, 0.2) is 6.61 Å². The van der Waals surface area contributed by atoms with Gasteiger partial charge < -0.3 is 19.3 Å². The number of hydrogen-bond donors (Lipinski definition) is 0. The van der Waals surface area contributed by atoms with E-state index in [9.17, 15) is 4.79 Å². The molecular weight excluding hydrogens is 352 g/mol. The summed E-state index contributed by atoms with van der Waals surface area (Å²) in [7, 11) is 0. The van der Waals surface area contributed by atoms with Crippen LogP contribution in [0.2, 0.25) is 0 Å². The number of nitrogens with zero attached hydrogens (tertiary/aromatic N) is 2. The first kappa shape index (κ1) is 19.7. The minimum atomic E-state index is 0.0391. The number of carbonyl (C=O) groups is 1.